The van der Waals surface area contributed by atoms with Crippen molar-refractivity contribution >= 4 is 51.5 Å². The Kier molecular flexibility index (Phi) is 6.61. The third kappa shape index (κ3) is 4.86. The van der Waals surface area contributed by atoms with Crippen LogP contribution in [0.3, 0.4) is 0 Å². The smallest absolute Gasteiger partial charge is 0.343 e. The van der Waals surface area contributed by atoms with Crippen molar-refractivity contribution in [3.63, 3.8) is 0 Å². The Labute approximate surface area is 199 Å². The summed E-state index contributed by atoms with van der Waals surface area (Å²) >= 11 is 2.11. The highest BCUT2D eigenvalue weighted by atomic mass is 127. The standard InChI is InChI=1S/C26H19IN2O3/c1-17-7-6-9-19(15-17)26(31)32-24-14-13-18-8-2-3-10-20(18)22(24)16-28-29-25(30)21-11-4-5-12-23(21)27/h2-16H,1H3,(H,29,30). The van der Waals surface area contributed by atoms with Crippen LogP contribution in [-0.2, 0) is 0 Å². The zero-order valence-corrected chi connectivity index (χ0v) is 19.4. The lowest BCUT2D eigenvalue weighted by atomic mass is 10.0. The molecular weight excluding hydrogens is 515 g/mol. The molecule has 0 saturated carbocycles. The average Bonchev–Trinajstić information content (AvgIpc) is 2.80. The molecule has 0 radical (unpaired) electrons. The molecule has 4 aromatic carbocycles. The molecule has 0 unspecified atom stereocenters. The number of hydrogen-bond donors (Lipinski definition) is 1. The van der Waals surface area contributed by atoms with Gasteiger partial charge in [0.25, 0.3) is 5.91 Å². The minimum atomic E-state index is -0.457. The number of hydrazone groups is 1. The number of fused-ring (bicyclic) bond motifs is 1. The van der Waals surface area contributed by atoms with E-state index in [9.17, 15) is 9.59 Å². The maximum atomic E-state index is 12.7. The topological polar surface area (TPSA) is 67.8 Å². The summed E-state index contributed by atoms with van der Waals surface area (Å²) in [5, 5.41) is 5.97. The second-order valence-electron chi connectivity index (χ2n) is 7.14. The monoisotopic (exact) mass is 534 g/mol. The van der Waals surface area contributed by atoms with Gasteiger partial charge in [0.15, 0.2) is 0 Å². The minimum absolute atomic E-state index is 0.315. The predicted octanol–water partition coefficient (Wildman–Crippen LogP) is 5.74. The molecule has 1 N–H and O–H groups in total. The molecule has 1 amide bonds. The number of benzene rings is 4. The molecule has 0 aliphatic carbocycles. The summed E-state index contributed by atoms with van der Waals surface area (Å²) in [6, 6.07) is 25.8. The van der Waals surface area contributed by atoms with Crippen LogP contribution in [0.15, 0.2) is 90.0 Å². The van der Waals surface area contributed by atoms with Crippen LogP contribution >= 0.6 is 22.6 Å². The van der Waals surface area contributed by atoms with Gasteiger partial charge in [-0.3, -0.25) is 4.79 Å². The van der Waals surface area contributed by atoms with Crippen molar-refractivity contribution in [2.45, 2.75) is 6.92 Å². The number of aryl methyl sites for hydroxylation is 1. The van der Waals surface area contributed by atoms with E-state index in [2.05, 4.69) is 33.1 Å². The second-order valence-corrected chi connectivity index (χ2v) is 8.30. The Morgan fingerprint density at radius 3 is 2.53 bits per heavy atom. The molecule has 0 spiro atoms. The van der Waals surface area contributed by atoms with Gasteiger partial charge in [-0.2, -0.15) is 5.10 Å². The third-order valence-electron chi connectivity index (χ3n) is 4.87. The molecule has 32 heavy (non-hydrogen) atoms. The van der Waals surface area contributed by atoms with Crippen LogP contribution in [0.1, 0.15) is 31.8 Å². The average molecular weight is 534 g/mol. The number of halogens is 1. The zero-order chi connectivity index (χ0) is 22.5. The van der Waals surface area contributed by atoms with Crippen LogP contribution in [-0.4, -0.2) is 18.1 Å². The van der Waals surface area contributed by atoms with E-state index in [1.165, 1.54) is 6.21 Å². The molecule has 4 rings (SSSR count). The Morgan fingerprint density at radius 2 is 1.72 bits per heavy atom. The number of amides is 1. The molecule has 0 bridgehead atoms. The lowest BCUT2D eigenvalue weighted by molar-refractivity contribution is 0.0734. The van der Waals surface area contributed by atoms with Gasteiger partial charge in [0.05, 0.1) is 17.3 Å². The van der Waals surface area contributed by atoms with Gasteiger partial charge in [-0.15, -0.1) is 0 Å². The third-order valence-corrected chi connectivity index (χ3v) is 5.81. The molecule has 5 nitrogen and oxygen atoms in total. The summed E-state index contributed by atoms with van der Waals surface area (Å²) in [5.41, 5.74) is 5.13. The largest absolute Gasteiger partial charge is 0.422 e. The molecule has 0 atom stereocenters. The summed E-state index contributed by atoms with van der Waals surface area (Å²) in [4.78, 5) is 25.2. The molecule has 0 fully saturated rings. The Morgan fingerprint density at radius 1 is 0.938 bits per heavy atom. The van der Waals surface area contributed by atoms with Crippen molar-refractivity contribution in [1.29, 1.82) is 0 Å². The van der Waals surface area contributed by atoms with Gasteiger partial charge in [0, 0.05) is 9.13 Å². The fourth-order valence-electron chi connectivity index (χ4n) is 3.29. The van der Waals surface area contributed by atoms with Crippen molar-refractivity contribution in [2.75, 3.05) is 0 Å². The first kappa shape index (κ1) is 21.7. The lowest BCUT2D eigenvalue weighted by Gasteiger charge is -2.11. The van der Waals surface area contributed by atoms with Crippen molar-refractivity contribution in [2.24, 2.45) is 5.10 Å². The highest BCUT2D eigenvalue weighted by molar-refractivity contribution is 14.1. The molecule has 158 valence electrons. The normalized spacial score (nSPS) is 10.9. The minimum Gasteiger partial charge on any atom is -0.422 e. The number of hydrogen-bond acceptors (Lipinski definition) is 4. The van der Waals surface area contributed by atoms with Crippen molar-refractivity contribution in [3.05, 3.63) is 111 Å². The first-order chi connectivity index (χ1) is 15.5. The van der Waals surface area contributed by atoms with Crippen molar-refractivity contribution in [1.82, 2.24) is 5.43 Å². The van der Waals surface area contributed by atoms with Crippen molar-refractivity contribution in [3.8, 4) is 5.75 Å². The molecule has 0 aromatic heterocycles. The quantitative estimate of drug-likeness (QED) is 0.117. The highest BCUT2D eigenvalue weighted by Crippen LogP contribution is 2.27. The molecule has 6 heteroatoms. The van der Waals surface area contributed by atoms with Gasteiger partial charge in [-0.05, 0) is 70.6 Å². The maximum absolute atomic E-state index is 12.7. The van der Waals surface area contributed by atoms with Crippen LogP contribution in [0, 0.1) is 10.5 Å². The summed E-state index contributed by atoms with van der Waals surface area (Å²) in [6.07, 6.45) is 1.51. The number of esters is 1. The molecule has 4 aromatic rings. The van der Waals surface area contributed by atoms with Gasteiger partial charge in [0.1, 0.15) is 5.75 Å². The SMILES string of the molecule is Cc1cccc(C(=O)Oc2ccc3ccccc3c2C=NNC(=O)c2ccccc2I)c1. The predicted molar refractivity (Wildman–Crippen MR) is 134 cm³/mol. The zero-order valence-electron chi connectivity index (χ0n) is 17.2. The van der Waals surface area contributed by atoms with Crippen LogP contribution in [0.25, 0.3) is 10.8 Å². The lowest BCUT2D eigenvalue weighted by Crippen LogP contribution is -2.19. The fourth-order valence-corrected chi connectivity index (χ4v) is 3.92. The summed E-state index contributed by atoms with van der Waals surface area (Å²) in [6.45, 7) is 1.92. The first-order valence-electron chi connectivity index (χ1n) is 9.91. The molecule has 0 aliphatic heterocycles. The molecule has 0 heterocycles. The second kappa shape index (κ2) is 9.74. The van der Waals surface area contributed by atoms with Crippen LogP contribution in [0.5, 0.6) is 5.75 Å². The highest BCUT2D eigenvalue weighted by Gasteiger charge is 2.14. The van der Waals surface area contributed by atoms with Crippen LogP contribution < -0.4 is 10.2 Å². The van der Waals surface area contributed by atoms with Gasteiger partial charge >= 0.3 is 5.97 Å². The van der Waals surface area contributed by atoms with E-state index in [0.29, 0.717) is 22.4 Å². The van der Waals surface area contributed by atoms with E-state index >= 15 is 0 Å². The molecule has 0 saturated heterocycles. The number of carbonyl (C=O) groups excluding carboxylic acids is 2. The number of nitrogens with zero attached hydrogens (tertiary/aromatic N) is 1. The summed E-state index contributed by atoms with van der Waals surface area (Å²) in [5.74, 6) is -0.409. The van der Waals surface area contributed by atoms with E-state index in [0.717, 1.165) is 19.9 Å². The molecular formula is C26H19IN2O3. The van der Waals surface area contributed by atoms with E-state index in [4.69, 9.17) is 4.74 Å². The number of rotatable bonds is 5. The molecule has 0 aliphatic rings. The van der Waals surface area contributed by atoms with Gasteiger partial charge in [-0.1, -0.05) is 60.2 Å². The Balaban J connectivity index is 1.64. The Bertz CT molecular complexity index is 1350. The maximum Gasteiger partial charge on any atom is 0.343 e. The van der Waals surface area contributed by atoms with E-state index in [1.54, 1.807) is 30.3 Å². The van der Waals surface area contributed by atoms with E-state index in [-0.39, 0.29) is 5.91 Å². The number of carbonyl (C=O) groups is 2. The van der Waals surface area contributed by atoms with Crippen molar-refractivity contribution < 1.29 is 14.3 Å². The number of ether oxygens (including phenoxy) is 1. The number of nitrogens with one attached hydrogen (secondary N) is 1. The summed E-state index contributed by atoms with van der Waals surface area (Å²) in [7, 11) is 0. The Hall–Kier alpha value is -3.52. The van der Waals surface area contributed by atoms with Crippen LogP contribution in [0.2, 0.25) is 0 Å². The van der Waals surface area contributed by atoms with Gasteiger partial charge < -0.3 is 4.74 Å². The van der Waals surface area contributed by atoms with Gasteiger partial charge in [-0.25, -0.2) is 10.2 Å². The van der Waals surface area contributed by atoms with E-state index < -0.39 is 5.97 Å². The summed E-state index contributed by atoms with van der Waals surface area (Å²) < 4.78 is 6.54. The van der Waals surface area contributed by atoms with Gasteiger partial charge in [0.2, 0.25) is 0 Å². The first-order valence-corrected chi connectivity index (χ1v) is 11.0. The van der Waals surface area contributed by atoms with E-state index in [1.807, 2.05) is 61.5 Å². The fraction of sp³-hybridized carbons (Fsp3) is 0.0385. The van der Waals surface area contributed by atoms with Crippen LogP contribution in [0.4, 0.5) is 0 Å².